The van der Waals surface area contributed by atoms with Crippen molar-refractivity contribution in [3.8, 4) is 0 Å². The van der Waals surface area contributed by atoms with Crippen molar-refractivity contribution < 1.29 is 22.7 Å². The van der Waals surface area contributed by atoms with Crippen LogP contribution in [-0.2, 0) is 11.3 Å². The number of methoxy groups -OCH3 is 1. The third-order valence-corrected chi connectivity index (χ3v) is 3.19. The highest BCUT2D eigenvalue weighted by Gasteiger charge is 2.46. The minimum Gasteiger partial charge on any atom is -0.385 e. The van der Waals surface area contributed by atoms with Gasteiger partial charge >= 0.3 is 12.2 Å². The molecule has 1 atom stereocenters. The first-order chi connectivity index (χ1) is 10.7. The minimum atomic E-state index is -4.48. The van der Waals surface area contributed by atoms with Crippen molar-refractivity contribution in [1.82, 2.24) is 20.4 Å². The first-order valence-electron chi connectivity index (χ1n) is 6.57. The molecule has 0 bridgehead atoms. The van der Waals surface area contributed by atoms with Crippen molar-refractivity contribution in [2.24, 2.45) is 0 Å². The number of nitrogens with zero attached hydrogens (tertiary/aromatic N) is 3. The second-order valence-corrected chi connectivity index (χ2v) is 4.94. The molecule has 0 aliphatic carbocycles. The lowest BCUT2D eigenvalue weighted by atomic mass is 10.2. The van der Waals surface area contributed by atoms with Crippen LogP contribution in [-0.4, -0.2) is 53.6 Å². The average Bonchev–Trinajstić information content (AvgIpc) is 2.84. The van der Waals surface area contributed by atoms with E-state index in [9.17, 15) is 18.0 Å². The quantitative estimate of drug-likeness (QED) is 0.862. The van der Waals surface area contributed by atoms with Crippen LogP contribution in [0.3, 0.4) is 0 Å². The second kappa shape index (κ2) is 8.16. The van der Waals surface area contributed by atoms with E-state index in [-0.39, 0.29) is 17.5 Å². The van der Waals surface area contributed by atoms with E-state index in [2.05, 4.69) is 14.9 Å². The number of aromatic nitrogens is 2. The largest absolute Gasteiger partial charge is 0.410 e. The number of hydrogen-bond acceptors (Lipinski definition) is 5. The monoisotopic (exact) mass is 355 g/mol. The van der Waals surface area contributed by atoms with E-state index in [1.807, 2.05) is 12.2 Å². The van der Waals surface area contributed by atoms with Gasteiger partial charge in [0.15, 0.2) is 5.15 Å². The van der Waals surface area contributed by atoms with Gasteiger partial charge in [0.05, 0.1) is 13.1 Å². The highest BCUT2D eigenvalue weighted by molar-refractivity contribution is 6.30. The topological polar surface area (TPSA) is 93.4 Å². The SMILES string of the molecule is CCOC.Nc1cc(CN2CC(C(F)(F)F)NC2=O)c(Cl)nn1. The molecule has 7 nitrogen and oxygen atoms in total. The number of alkyl halides is 3. The lowest BCUT2D eigenvalue weighted by Gasteiger charge is -2.16. The van der Waals surface area contributed by atoms with Gasteiger partial charge in [-0.2, -0.15) is 13.2 Å². The smallest absolute Gasteiger partial charge is 0.385 e. The number of nitrogens with two attached hydrogens (primary N) is 1. The zero-order valence-corrected chi connectivity index (χ0v) is 13.3. The summed E-state index contributed by atoms with van der Waals surface area (Å²) in [6.07, 6.45) is -4.48. The second-order valence-electron chi connectivity index (χ2n) is 4.59. The molecule has 1 saturated heterocycles. The Hall–Kier alpha value is -1.81. The fourth-order valence-corrected chi connectivity index (χ4v) is 1.81. The Morgan fingerprint density at radius 1 is 1.52 bits per heavy atom. The molecule has 1 unspecified atom stereocenters. The molecule has 0 saturated carbocycles. The van der Waals surface area contributed by atoms with Crippen molar-refractivity contribution in [2.75, 3.05) is 26.0 Å². The van der Waals surface area contributed by atoms with Crippen LogP contribution < -0.4 is 11.1 Å². The number of amides is 2. The van der Waals surface area contributed by atoms with Gasteiger partial charge in [-0.1, -0.05) is 11.6 Å². The van der Waals surface area contributed by atoms with Gasteiger partial charge in [-0.15, -0.1) is 10.2 Å². The number of urea groups is 1. The predicted octanol–water partition coefficient (Wildman–Crippen LogP) is 1.82. The average molecular weight is 356 g/mol. The molecule has 0 spiro atoms. The van der Waals surface area contributed by atoms with Crippen LogP contribution in [0.15, 0.2) is 6.07 Å². The molecule has 1 aromatic rings. The van der Waals surface area contributed by atoms with Gasteiger partial charge in [-0.05, 0) is 13.0 Å². The van der Waals surface area contributed by atoms with Gasteiger partial charge in [0, 0.05) is 19.3 Å². The number of rotatable bonds is 3. The zero-order valence-electron chi connectivity index (χ0n) is 12.5. The fraction of sp³-hybridized carbons (Fsp3) is 0.583. The molecule has 0 radical (unpaired) electrons. The van der Waals surface area contributed by atoms with Crippen LogP contribution in [0, 0.1) is 0 Å². The normalized spacial score (nSPS) is 17.6. The van der Waals surface area contributed by atoms with Gasteiger partial charge in [0.2, 0.25) is 0 Å². The number of ether oxygens (including phenoxy) is 1. The molecule has 2 heterocycles. The summed E-state index contributed by atoms with van der Waals surface area (Å²) in [6, 6.07) is -1.33. The van der Waals surface area contributed by atoms with Crippen molar-refractivity contribution >= 4 is 23.4 Å². The maximum atomic E-state index is 12.5. The summed E-state index contributed by atoms with van der Waals surface area (Å²) in [7, 11) is 1.68. The van der Waals surface area contributed by atoms with Crippen molar-refractivity contribution in [1.29, 1.82) is 0 Å². The standard InChI is InChI=1S/C9H9ClF3N5O.C3H8O/c10-7-4(1-6(14)16-17-7)2-18-3-5(9(11,12)13)15-8(18)19;1-3-4-2/h1,5H,2-3H2,(H2,14,16)(H,15,19);3H2,1-2H3. The highest BCUT2D eigenvalue weighted by Crippen LogP contribution is 2.26. The zero-order chi connectivity index (χ0) is 17.6. The molecule has 0 aromatic carbocycles. The van der Waals surface area contributed by atoms with Gasteiger partial charge in [0.25, 0.3) is 0 Å². The fourth-order valence-electron chi connectivity index (χ4n) is 1.66. The Labute approximate surface area is 135 Å². The first-order valence-corrected chi connectivity index (χ1v) is 6.95. The highest BCUT2D eigenvalue weighted by atomic mass is 35.5. The van der Waals surface area contributed by atoms with E-state index in [1.54, 1.807) is 7.11 Å². The number of nitrogen functional groups attached to an aromatic ring is 1. The third kappa shape index (κ3) is 5.71. The van der Waals surface area contributed by atoms with Crippen LogP contribution >= 0.6 is 11.6 Å². The van der Waals surface area contributed by atoms with Crippen LogP contribution in [0.5, 0.6) is 0 Å². The van der Waals surface area contributed by atoms with E-state index in [1.165, 1.54) is 6.07 Å². The minimum absolute atomic E-state index is 0.00235. The molecule has 1 aliphatic heterocycles. The Kier molecular flexibility index (Phi) is 6.82. The van der Waals surface area contributed by atoms with Crippen LogP contribution in [0.1, 0.15) is 12.5 Å². The van der Waals surface area contributed by atoms with E-state index in [0.29, 0.717) is 5.56 Å². The molecule has 2 rings (SSSR count). The van der Waals surface area contributed by atoms with E-state index in [4.69, 9.17) is 17.3 Å². The molecule has 1 fully saturated rings. The number of carbonyl (C=O) groups is 1. The van der Waals surface area contributed by atoms with E-state index >= 15 is 0 Å². The number of carbonyl (C=O) groups excluding carboxylic acids is 1. The van der Waals surface area contributed by atoms with Gasteiger partial charge < -0.3 is 20.7 Å². The summed E-state index contributed by atoms with van der Waals surface area (Å²) in [5.74, 6) is 0.0753. The van der Waals surface area contributed by atoms with Crippen molar-refractivity contribution in [2.45, 2.75) is 25.7 Å². The molecular weight excluding hydrogens is 339 g/mol. The summed E-state index contributed by atoms with van der Waals surface area (Å²) >= 11 is 5.74. The lowest BCUT2D eigenvalue weighted by Crippen LogP contribution is -2.40. The van der Waals surface area contributed by atoms with Gasteiger partial charge in [-0.25, -0.2) is 4.79 Å². The molecule has 1 aromatic heterocycles. The summed E-state index contributed by atoms with van der Waals surface area (Å²) < 4.78 is 42.0. The summed E-state index contributed by atoms with van der Waals surface area (Å²) in [5, 5.41) is 8.85. The number of halogens is 4. The Balaban J connectivity index is 0.000000593. The number of hydrogen-bond donors (Lipinski definition) is 2. The molecular formula is C12H17ClF3N5O2. The first kappa shape index (κ1) is 19.2. The van der Waals surface area contributed by atoms with Crippen molar-refractivity contribution in [3.63, 3.8) is 0 Å². The Morgan fingerprint density at radius 2 is 2.13 bits per heavy atom. The van der Waals surface area contributed by atoms with Crippen molar-refractivity contribution in [3.05, 3.63) is 16.8 Å². The maximum absolute atomic E-state index is 12.5. The molecule has 1 aliphatic rings. The summed E-state index contributed by atoms with van der Waals surface area (Å²) in [5.41, 5.74) is 5.74. The predicted molar refractivity (Wildman–Crippen MR) is 77.8 cm³/mol. The molecule has 130 valence electrons. The van der Waals surface area contributed by atoms with E-state index < -0.39 is 24.8 Å². The van der Waals surface area contributed by atoms with Crippen LogP contribution in [0.4, 0.5) is 23.8 Å². The molecule has 2 amide bonds. The summed E-state index contributed by atoms with van der Waals surface area (Å²) in [6.45, 7) is 2.18. The van der Waals surface area contributed by atoms with E-state index in [0.717, 1.165) is 11.5 Å². The maximum Gasteiger partial charge on any atom is 0.410 e. The Morgan fingerprint density at radius 3 is 2.61 bits per heavy atom. The molecule has 3 N–H and O–H groups in total. The Bertz CT molecular complexity index is 542. The molecule has 11 heteroatoms. The third-order valence-electron chi connectivity index (χ3n) is 2.87. The summed E-state index contributed by atoms with van der Waals surface area (Å²) in [4.78, 5) is 12.4. The molecule has 23 heavy (non-hydrogen) atoms. The number of nitrogens with one attached hydrogen (secondary N) is 1. The lowest BCUT2D eigenvalue weighted by molar-refractivity contribution is -0.149. The number of anilines is 1. The van der Waals surface area contributed by atoms with Crippen LogP contribution in [0.25, 0.3) is 0 Å². The van der Waals surface area contributed by atoms with Crippen LogP contribution in [0.2, 0.25) is 5.15 Å². The van der Waals surface area contributed by atoms with Gasteiger partial charge in [0.1, 0.15) is 11.9 Å². The van der Waals surface area contributed by atoms with Gasteiger partial charge in [-0.3, -0.25) is 0 Å².